The molecular weight excluding hydrogens is 266 g/mol. The van der Waals surface area contributed by atoms with Gasteiger partial charge in [0.05, 0.1) is 12.8 Å². The van der Waals surface area contributed by atoms with Gasteiger partial charge in [-0.2, -0.15) is 5.10 Å². The van der Waals surface area contributed by atoms with Gasteiger partial charge in [0.25, 0.3) is 0 Å². The molecule has 0 saturated carbocycles. The maximum atomic E-state index is 5.06. The van der Waals surface area contributed by atoms with Crippen LogP contribution >= 0.6 is 0 Å². The molecule has 0 amide bonds. The molecule has 1 saturated heterocycles. The van der Waals surface area contributed by atoms with Crippen LogP contribution in [0.25, 0.3) is 5.65 Å². The van der Waals surface area contributed by atoms with Crippen LogP contribution in [0.3, 0.4) is 0 Å². The quantitative estimate of drug-likeness (QED) is 0.809. The van der Waals surface area contributed by atoms with Gasteiger partial charge in [0.15, 0.2) is 5.65 Å². The van der Waals surface area contributed by atoms with Gasteiger partial charge < -0.3 is 15.0 Å². The highest BCUT2D eigenvalue weighted by atomic mass is 16.5. The van der Waals surface area contributed by atoms with Crippen LogP contribution < -0.4 is 10.2 Å². The summed E-state index contributed by atoms with van der Waals surface area (Å²) in [6, 6.07) is 4.00. The number of ether oxygens (including phenoxy) is 1. The van der Waals surface area contributed by atoms with E-state index in [0.29, 0.717) is 5.92 Å². The number of nitrogens with zero attached hydrogens (tertiary/aromatic N) is 4. The maximum absolute atomic E-state index is 5.06. The summed E-state index contributed by atoms with van der Waals surface area (Å²) in [6.07, 6.45) is 6.27. The van der Waals surface area contributed by atoms with Gasteiger partial charge in [0, 0.05) is 39.0 Å². The summed E-state index contributed by atoms with van der Waals surface area (Å²) in [5.74, 6) is 1.74. The summed E-state index contributed by atoms with van der Waals surface area (Å²) in [7, 11) is 1.74. The van der Waals surface area contributed by atoms with Crippen molar-refractivity contribution in [3.8, 4) is 0 Å². The van der Waals surface area contributed by atoms with Crippen LogP contribution in [-0.4, -0.2) is 54.5 Å². The van der Waals surface area contributed by atoms with Crippen molar-refractivity contribution in [3.63, 3.8) is 0 Å². The molecule has 114 valence electrons. The molecule has 3 rings (SSSR count). The monoisotopic (exact) mass is 289 g/mol. The first-order valence-corrected chi connectivity index (χ1v) is 7.62. The van der Waals surface area contributed by atoms with Crippen LogP contribution in [0.15, 0.2) is 24.5 Å². The predicted molar refractivity (Wildman–Crippen MR) is 82.7 cm³/mol. The number of rotatable bonds is 6. The average Bonchev–Trinajstić information content (AvgIpc) is 2.99. The van der Waals surface area contributed by atoms with Crippen LogP contribution in [0.1, 0.15) is 12.8 Å². The molecule has 0 spiro atoms. The van der Waals surface area contributed by atoms with Crippen LogP contribution in [-0.2, 0) is 4.74 Å². The molecule has 0 radical (unpaired) electrons. The zero-order valence-electron chi connectivity index (χ0n) is 12.5. The van der Waals surface area contributed by atoms with E-state index >= 15 is 0 Å². The van der Waals surface area contributed by atoms with Crippen molar-refractivity contribution < 1.29 is 4.74 Å². The van der Waals surface area contributed by atoms with Gasteiger partial charge in [0.1, 0.15) is 5.82 Å². The Balaban J connectivity index is 1.59. The molecule has 0 aliphatic carbocycles. The van der Waals surface area contributed by atoms with E-state index in [1.165, 1.54) is 12.8 Å². The number of anilines is 1. The molecule has 1 unspecified atom stereocenters. The summed E-state index contributed by atoms with van der Waals surface area (Å²) in [5.41, 5.74) is 0.910. The molecule has 1 fully saturated rings. The molecular formula is C15H23N5O. The molecule has 6 nitrogen and oxygen atoms in total. The van der Waals surface area contributed by atoms with Crippen molar-refractivity contribution >= 4 is 11.5 Å². The molecule has 3 heterocycles. The van der Waals surface area contributed by atoms with Crippen molar-refractivity contribution in [2.45, 2.75) is 12.8 Å². The lowest BCUT2D eigenvalue weighted by Crippen LogP contribution is -2.40. The van der Waals surface area contributed by atoms with E-state index in [9.17, 15) is 0 Å². The average molecular weight is 289 g/mol. The summed E-state index contributed by atoms with van der Waals surface area (Å²) in [5, 5.41) is 7.66. The highest BCUT2D eigenvalue weighted by Gasteiger charge is 2.20. The van der Waals surface area contributed by atoms with Crippen LogP contribution in [0.4, 0.5) is 5.82 Å². The van der Waals surface area contributed by atoms with Gasteiger partial charge in [-0.15, -0.1) is 0 Å². The fourth-order valence-corrected chi connectivity index (χ4v) is 2.90. The fourth-order valence-electron chi connectivity index (χ4n) is 2.90. The largest absolute Gasteiger partial charge is 0.383 e. The fraction of sp³-hybridized carbons (Fsp3) is 0.600. The SMILES string of the molecule is COCCNCC1CCCN(c2ccn3nccc3n2)C1. The number of methoxy groups -OCH3 is 1. The normalized spacial score (nSPS) is 19.3. The number of hydrogen-bond acceptors (Lipinski definition) is 5. The number of nitrogens with one attached hydrogen (secondary N) is 1. The Morgan fingerprint density at radius 3 is 3.29 bits per heavy atom. The molecule has 0 aromatic carbocycles. The van der Waals surface area contributed by atoms with Gasteiger partial charge in [-0.1, -0.05) is 0 Å². The van der Waals surface area contributed by atoms with E-state index in [1.807, 2.05) is 12.3 Å². The van der Waals surface area contributed by atoms with Crippen molar-refractivity contribution in [1.82, 2.24) is 19.9 Å². The minimum absolute atomic E-state index is 0.679. The van der Waals surface area contributed by atoms with E-state index in [1.54, 1.807) is 17.8 Å². The molecule has 6 heteroatoms. The standard InChI is InChI=1S/C15H23N5O/c1-21-10-7-16-11-13-3-2-8-19(12-13)14-5-9-20-15(18-14)4-6-17-20/h4-6,9,13,16H,2-3,7-8,10-12H2,1H3. The second-order valence-electron chi connectivity index (χ2n) is 5.57. The summed E-state index contributed by atoms with van der Waals surface area (Å²) < 4.78 is 6.87. The Hall–Kier alpha value is -1.66. The molecule has 1 aliphatic heterocycles. The Kier molecular flexibility index (Phi) is 4.67. The second-order valence-corrected chi connectivity index (χ2v) is 5.57. The summed E-state index contributed by atoms with van der Waals surface area (Å²) in [4.78, 5) is 7.08. The van der Waals surface area contributed by atoms with E-state index in [0.717, 1.165) is 44.3 Å². The minimum Gasteiger partial charge on any atom is -0.383 e. The van der Waals surface area contributed by atoms with Crippen LogP contribution in [0, 0.1) is 5.92 Å². The van der Waals surface area contributed by atoms with Gasteiger partial charge in [-0.3, -0.25) is 0 Å². The predicted octanol–water partition coefficient (Wildman–Crippen LogP) is 1.18. The van der Waals surface area contributed by atoms with Gasteiger partial charge in [-0.25, -0.2) is 9.50 Å². The van der Waals surface area contributed by atoms with Crippen molar-refractivity contribution in [2.24, 2.45) is 5.92 Å². The summed E-state index contributed by atoms with van der Waals surface area (Å²) >= 11 is 0. The van der Waals surface area contributed by atoms with Gasteiger partial charge >= 0.3 is 0 Å². The number of piperidine rings is 1. The van der Waals surface area contributed by atoms with Gasteiger partial charge in [0.2, 0.25) is 0 Å². The van der Waals surface area contributed by atoms with Crippen LogP contribution in [0.2, 0.25) is 0 Å². The summed E-state index contributed by atoms with van der Waals surface area (Å²) in [6.45, 7) is 4.90. The first-order chi connectivity index (χ1) is 10.4. The molecule has 21 heavy (non-hydrogen) atoms. The van der Waals surface area contributed by atoms with Crippen molar-refractivity contribution in [1.29, 1.82) is 0 Å². The van der Waals surface area contributed by atoms with Crippen LogP contribution in [0.5, 0.6) is 0 Å². The number of aromatic nitrogens is 3. The first-order valence-electron chi connectivity index (χ1n) is 7.62. The van der Waals surface area contributed by atoms with E-state index in [4.69, 9.17) is 4.74 Å². The van der Waals surface area contributed by atoms with Crippen molar-refractivity contribution in [2.75, 3.05) is 44.8 Å². The third-order valence-corrected chi connectivity index (χ3v) is 4.00. The molecule has 1 aliphatic rings. The lowest BCUT2D eigenvalue weighted by atomic mass is 9.98. The number of hydrogen-bond donors (Lipinski definition) is 1. The Labute approximate surface area is 125 Å². The highest BCUT2D eigenvalue weighted by molar-refractivity contribution is 5.47. The lowest BCUT2D eigenvalue weighted by molar-refractivity contribution is 0.197. The Morgan fingerprint density at radius 1 is 1.43 bits per heavy atom. The molecule has 2 aromatic rings. The van der Waals surface area contributed by atoms with E-state index < -0.39 is 0 Å². The lowest BCUT2D eigenvalue weighted by Gasteiger charge is -2.33. The highest BCUT2D eigenvalue weighted by Crippen LogP contribution is 2.21. The van der Waals surface area contributed by atoms with E-state index in [2.05, 4.69) is 26.4 Å². The molecule has 1 N–H and O–H groups in total. The Bertz CT molecular complexity index is 570. The third kappa shape index (κ3) is 3.51. The second kappa shape index (κ2) is 6.87. The third-order valence-electron chi connectivity index (χ3n) is 4.00. The zero-order chi connectivity index (χ0) is 14.5. The molecule has 2 aromatic heterocycles. The van der Waals surface area contributed by atoms with Gasteiger partial charge in [-0.05, 0) is 31.4 Å². The Morgan fingerprint density at radius 2 is 2.38 bits per heavy atom. The minimum atomic E-state index is 0.679. The topological polar surface area (TPSA) is 54.7 Å². The smallest absolute Gasteiger partial charge is 0.157 e. The zero-order valence-corrected chi connectivity index (χ0v) is 12.5. The molecule has 1 atom stereocenters. The molecule has 0 bridgehead atoms. The number of fused-ring (bicyclic) bond motifs is 1. The van der Waals surface area contributed by atoms with Crippen molar-refractivity contribution in [3.05, 3.63) is 24.5 Å². The maximum Gasteiger partial charge on any atom is 0.157 e. The first kappa shape index (κ1) is 14.3. The van der Waals surface area contributed by atoms with E-state index in [-0.39, 0.29) is 0 Å².